The number of nitro groups is 1. The van der Waals surface area contributed by atoms with E-state index in [2.05, 4.69) is 10.1 Å². The quantitative estimate of drug-likeness (QED) is 0.118. The van der Waals surface area contributed by atoms with Crippen LogP contribution in [-0.2, 0) is 16.4 Å². The van der Waals surface area contributed by atoms with Crippen molar-refractivity contribution in [2.45, 2.75) is 24.7 Å². The zero-order chi connectivity index (χ0) is 29.4. The lowest BCUT2D eigenvalue weighted by atomic mass is 10.0. The minimum atomic E-state index is -3.85. The Morgan fingerprint density at radius 2 is 1.86 bits per heavy atom. The summed E-state index contributed by atoms with van der Waals surface area (Å²) in [6, 6.07) is 21.9. The Kier molecular flexibility index (Phi) is 7.31. The fourth-order valence-electron chi connectivity index (χ4n) is 4.69. The van der Waals surface area contributed by atoms with Crippen molar-refractivity contribution in [2.24, 2.45) is 5.10 Å². The molecule has 0 radical (unpaired) electrons. The van der Waals surface area contributed by atoms with Crippen molar-refractivity contribution >= 4 is 70.9 Å². The monoisotopic (exact) mass is 617 g/mol. The summed E-state index contributed by atoms with van der Waals surface area (Å²) >= 11 is 2.21. The van der Waals surface area contributed by atoms with E-state index in [9.17, 15) is 23.3 Å². The first-order chi connectivity index (χ1) is 20.2. The molecule has 0 spiro atoms. The van der Waals surface area contributed by atoms with Crippen LogP contribution < -0.4 is 9.31 Å². The Morgan fingerprint density at radius 1 is 1.07 bits per heavy atom. The van der Waals surface area contributed by atoms with Crippen molar-refractivity contribution < 1.29 is 18.1 Å². The number of nitrogens with zero attached hydrogens (tertiary/aromatic N) is 5. The highest BCUT2D eigenvalue weighted by Gasteiger charge is 2.29. The van der Waals surface area contributed by atoms with Gasteiger partial charge in [0.1, 0.15) is 0 Å². The topological polar surface area (TPSA) is 126 Å². The number of carbonyl (C=O) groups excluding carboxylic acids is 1. The molecule has 0 fully saturated rings. The average Bonchev–Trinajstić information content (AvgIpc) is 3.64. The molecular formula is C29H23N5O5S3. The van der Waals surface area contributed by atoms with E-state index in [-0.39, 0.29) is 15.5 Å². The fourth-order valence-corrected chi connectivity index (χ4v) is 7.94. The van der Waals surface area contributed by atoms with Crippen LogP contribution in [0.15, 0.2) is 88.9 Å². The van der Waals surface area contributed by atoms with Crippen molar-refractivity contribution in [2.75, 3.05) is 15.9 Å². The van der Waals surface area contributed by atoms with Gasteiger partial charge in [0.05, 0.1) is 36.8 Å². The third-order valence-electron chi connectivity index (χ3n) is 6.76. The Bertz CT molecular complexity index is 1960. The molecule has 42 heavy (non-hydrogen) atoms. The third-order valence-corrected chi connectivity index (χ3v) is 10.5. The van der Waals surface area contributed by atoms with Crippen LogP contribution in [0.2, 0.25) is 0 Å². The Balaban J connectivity index is 1.33. The molecule has 3 heterocycles. The molecule has 5 aromatic rings. The van der Waals surface area contributed by atoms with Gasteiger partial charge in [0, 0.05) is 18.2 Å². The number of para-hydroxylation sites is 1. The summed E-state index contributed by atoms with van der Waals surface area (Å²) in [5, 5.41) is 16.9. The fraction of sp³-hybridized carbons (Fsp3) is 0.138. The summed E-state index contributed by atoms with van der Waals surface area (Å²) in [5.41, 5.74) is 3.60. The lowest BCUT2D eigenvalue weighted by molar-refractivity contribution is -0.380. The van der Waals surface area contributed by atoms with Crippen molar-refractivity contribution in [3.05, 3.63) is 111 Å². The summed E-state index contributed by atoms with van der Waals surface area (Å²) in [7, 11) is -3.85. The van der Waals surface area contributed by atoms with E-state index < -0.39 is 20.9 Å². The van der Waals surface area contributed by atoms with Gasteiger partial charge >= 0.3 is 5.00 Å². The second-order valence-electron chi connectivity index (χ2n) is 9.60. The number of hydrogen-bond donors (Lipinski definition) is 0. The van der Waals surface area contributed by atoms with Gasteiger partial charge in [0.25, 0.3) is 15.9 Å². The standard InChI is InChI=1S/C29H23N5O5S3/c1-19-8-14-24-26(17-19)41-29(31-24)33(30-18-22-11-15-27(40-22)34(36)37)28(35)21-9-12-23(13-10-21)42(38,39)32-16-4-6-20-5-2-3-7-25(20)32/h2-3,5,7-15,17-18H,4,6,16H2,1H3/b30-18+. The summed E-state index contributed by atoms with van der Waals surface area (Å²) in [5.74, 6) is -0.527. The van der Waals surface area contributed by atoms with Crippen molar-refractivity contribution in [3.63, 3.8) is 0 Å². The van der Waals surface area contributed by atoms with Gasteiger partial charge in [-0.3, -0.25) is 19.2 Å². The number of aryl methyl sites for hydroxylation is 2. The molecule has 0 bridgehead atoms. The van der Waals surface area contributed by atoms with Crippen LogP contribution in [0.5, 0.6) is 0 Å². The van der Waals surface area contributed by atoms with E-state index in [0.29, 0.717) is 27.8 Å². The molecule has 2 aromatic heterocycles. The highest BCUT2D eigenvalue weighted by molar-refractivity contribution is 7.92. The number of benzene rings is 3. The number of thiophene rings is 1. The number of sulfonamides is 1. The number of rotatable bonds is 7. The predicted octanol–water partition coefficient (Wildman–Crippen LogP) is 6.40. The molecule has 0 unspecified atom stereocenters. The number of fused-ring (bicyclic) bond motifs is 2. The predicted molar refractivity (Wildman–Crippen MR) is 165 cm³/mol. The number of thiazole rings is 1. The normalized spacial score (nSPS) is 13.4. The molecule has 1 aliphatic heterocycles. The first kappa shape index (κ1) is 27.7. The summed E-state index contributed by atoms with van der Waals surface area (Å²) < 4.78 is 29.4. The number of amides is 1. The van der Waals surface area contributed by atoms with Gasteiger partial charge in [-0.15, -0.1) is 0 Å². The van der Waals surface area contributed by atoms with Crippen molar-refractivity contribution in [1.82, 2.24) is 4.98 Å². The van der Waals surface area contributed by atoms with Gasteiger partial charge < -0.3 is 0 Å². The van der Waals surface area contributed by atoms with Crippen LogP contribution in [0.4, 0.5) is 15.8 Å². The second-order valence-corrected chi connectivity index (χ2v) is 13.6. The number of aromatic nitrogens is 1. The molecule has 0 N–H and O–H groups in total. The number of anilines is 2. The summed E-state index contributed by atoms with van der Waals surface area (Å²) in [4.78, 5) is 29.5. The molecule has 0 aliphatic carbocycles. The Morgan fingerprint density at radius 3 is 2.62 bits per heavy atom. The van der Waals surface area contributed by atoms with Crippen LogP contribution >= 0.6 is 22.7 Å². The van der Waals surface area contributed by atoms with Crippen LogP contribution in [0.25, 0.3) is 10.2 Å². The Labute approximate surface area is 249 Å². The van der Waals surface area contributed by atoms with Gasteiger partial charge in [-0.25, -0.2) is 13.4 Å². The molecule has 10 nitrogen and oxygen atoms in total. The lowest BCUT2D eigenvalue weighted by Crippen LogP contribution is -2.35. The second kappa shape index (κ2) is 11.1. The zero-order valence-electron chi connectivity index (χ0n) is 22.2. The molecule has 0 saturated heterocycles. The zero-order valence-corrected chi connectivity index (χ0v) is 24.7. The Hall–Kier alpha value is -4.46. The van der Waals surface area contributed by atoms with E-state index in [1.807, 2.05) is 49.4 Å². The molecule has 0 atom stereocenters. The minimum Gasteiger partial charge on any atom is -0.267 e. The maximum absolute atomic E-state index is 13.8. The van der Waals surface area contributed by atoms with Gasteiger partial charge in [-0.2, -0.15) is 10.1 Å². The van der Waals surface area contributed by atoms with Crippen molar-refractivity contribution in [3.8, 4) is 0 Å². The molecule has 13 heteroatoms. The van der Waals surface area contributed by atoms with Gasteiger partial charge in [0.2, 0.25) is 5.13 Å². The molecule has 212 valence electrons. The van der Waals surface area contributed by atoms with Crippen molar-refractivity contribution in [1.29, 1.82) is 0 Å². The number of hydrazone groups is 1. The maximum Gasteiger partial charge on any atom is 0.324 e. The minimum absolute atomic E-state index is 0.0436. The lowest BCUT2D eigenvalue weighted by Gasteiger charge is -2.30. The van der Waals surface area contributed by atoms with Crippen LogP contribution in [0.1, 0.15) is 32.8 Å². The van der Waals surface area contributed by atoms with E-state index >= 15 is 0 Å². The highest BCUT2D eigenvalue weighted by Crippen LogP contribution is 2.33. The first-order valence-electron chi connectivity index (χ1n) is 12.9. The van der Waals surface area contributed by atoms with Gasteiger partial charge in [-0.05, 0) is 79.4 Å². The maximum atomic E-state index is 13.8. The highest BCUT2D eigenvalue weighted by atomic mass is 32.2. The SMILES string of the molecule is Cc1ccc2nc(N(/N=C/c3ccc([N+](=O)[O-])s3)C(=O)c3ccc(S(=O)(=O)N4CCCc5ccccc54)cc3)sc2c1. The number of hydrogen-bond acceptors (Lipinski definition) is 9. The molecule has 1 aliphatic rings. The molecule has 0 saturated carbocycles. The van der Waals surface area contributed by atoms with Crippen LogP contribution in [0.3, 0.4) is 0 Å². The van der Waals surface area contributed by atoms with Gasteiger partial charge in [-0.1, -0.05) is 46.9 Å². The van der Waals surface area contributed by atoms with E-state index in [0.717, 1.165) is 45.0 Å². The smallest absolute Gasteiger partial charge is 0.267 e. The summed E-state index contributed by atoms with van der Waals surface area (Å²) in [6.07, 6.45) is 2.91. The van der Waals surface area contributed by atoms with E-state index in [1.165, 1.54) is 52.2 Å². The summed E-state index contributed by atoms with van der Waals surface area (Å²) in [6.45, 7) is 2.34. The van der Waals surface area contributed by atoms with Gasteiger partial charge in [0.15, 0.2) is 0 Å². The third kappa shape index (κ3) is 5.29. The number of carbonyl (C=O) groups is 1. The molecule has 3 aromatic carbocycles. The first-order valence-corrected chi connectivity index (χ1v) is 16.0. The molecule has 1 amide bonds. The largest absolute Gasteiger partial charge is 0.324 e. The van der Waals surface area contributed by atoms with E-state index in [4.69, 9.17) is 0 Å². The molecule has 6 rings (SSSR count). The van der Waals surface area contributed by atoms with E-state index in [1.54, 1.807) is 6.07 Å². The molecular weight excluding hydrogens is 595 g/mol. The van der Waals surface area contributed by atoms with Crippen LogP contribution in [-0.4, -0.2) is 37.0 Å². The van der Waals surface area contributed by atoms with Crippen LogP contribution in [0, 0.1) is 17.0 Å². The average molecular weight is 618 g/mol.